The van der Waals surface area contributed by atoms with Crippen LogP contribution in [0.4, 0.5) is 17.1 Å². The van der Waals surface area contributed by atoms with Gasteiger partial charge in [-0.3, -0.25) is 0 Å². The van der Waals surface area contributed by atoms with E-state index in [1.54, 1.807) is 0 Å². The monoisotopic (exact) mass is 511 g/mol. The average molecular weight is 512 g/mol. The average Bonchev–Trinajstić information content (AvgIpc) is 3.36. The Morgan fingerprint density at radius 1 is 0.500 bits per heavy atom. The number of benzene rings is 6. The number of hydrogen-bond acceptors (Lipinski definition) is 2. The first-order valence-corrected chi connectivity index (χ1v) is 13.4. The SMILES string of the molecule is N#Cc1ccc(-c2ccccc2)c(-n2c3ccccc3c3cc(N(c4ccccc4)c4ccccc4)ccc32)c1. The van der Waals surface area contributed by atoms with Gasteiger partial charge in [-0.05, 0) is 66.2 Å². The number of para-hydroxylation sites is 3. The molecule has 0 aliphatic carbocycles. The van der Waals surface area contributed by atoms with Crippen LogP contribution in [0.25, 0.3) is 38.6 Å². The second-order valence-corrected chi connectivity index (χ2v) is 9.77. The third-order valence-electron chi connectivity index (χ3n) is 7.40. The maximum absolute atomic E-state index is 9.80. The van der Waals surface area contributed by atoms with Crippen molar-refractivity contribution in [2.45, 2.75) is 0 Å². The van der Waals surface area contributed by atoms with Gasteiger partial charge in [-0.15, -0.1) is 0 Å². The molecule has 0 aliphatic rings. The molecule has 40 heavy (non-hydrogen) atoms. The van der Waals surface area contributed by atoms with Crippen LogP contribution in [-0.4, -0.2) is 4.57 Å². The molecule has 0 spiro atoms. The van der Waals surface area contributed by atoms with E-state index in [4.69, 9.17) is 0 Å². The second-order valence-electron chi connectivity index (χ2n) is 9.77. The summed E-state index contributed by atoms with van der Waals surface area (Å²) >= 11 is 0. The summed E-state index contributed by atoms with van der Waals surface area (Å²) in [4.78, 5) is 2.29. The standard InChI is InChI=1S/C37H25N3/c38-26-27-20-22-32(28-12-4-1-5-13-28)37(24-27)40-35-19-11-10-18-33(35)34-25-31(21-23-36(34)40)39(29-14-6-2-7-15-29)30-16-8-3-9-17-30/h1-25H. The van der Waals surface area contributed by atoms with E-state index in [1.165, 1.54) is 5.39 Å². The third-order valence-corrected chi connectivity index (χ3v) is 7.40. The van der Waals surface area contributed by atoms with Crippen molar-refractivity contribution < 1.29 is 0 Å². The van der Waals surface area contributed by atoms with Gasteiger partial charge in [0.2, 0.25) is 0 Å². The van der Waals surface area contributed by atoms with Crippen molar-refractivity contribution in [1.82, 2.24) is 4.57 Å². The van der Waals surface area contributed by atoms with E-state index in [0.29, 0.717) is 5.56 Å². The summed E-state index contributed by atoms with van der Waals surface area (Å²) in [6.07, 6.45) is 0. The Morgan fingerprint density at radius 3 is 1.77 bits per heavy atom. The van der Waals surface area contributed by atoms with Crippen LogP contribution in [0, 0.1) is 11.3 Å². The van der Waals surface area contributed by atoms with E-state index < -0.39 is 0 Å². The van der Waals surface area contributed by atoms with Crippen LogP contribution in [0.3, 0.4) is 0 Å². The van der Waals surface area contributed by atoms with Crippen LogP contribution in [0.5, 0.6) is 0 Å². The Balaban J connectivity index is 1.51. The van der Waals surface area contributed by atoms with Crippen LogP contribution < -0.4 is 4.90 Å². The van der Waals surface area contributed by atoms with Crippen LogP contribution in [-0.2, 0) is 0 Å². The molecule has 6 aromatic carbocycles. The minimum absolute atomic E-state index is 0.636. The summed E-state index contributed by atoms with van der Waals surface area (Å²) in [5, 5.41) is 12.1. The van der Waals surface area contributed by atoms with Gasteiger partial charge in [-0.25, -0.2) is 0 Å². The summed E-state index contributed by atoms with van der Waals surface area (Å²) in [6, 6.07) is 54.8. The molecule has 0 saturated heterocycles. The minimum atomic E-state index is 0.636. The van der Waals surface area contributed by atoms with Gasteiger partial charge in [-0.2, -0.15) is 5.26 Å². The van der Waals surface area contributed by atoms with Crippen molar-refractivity contribution in [2.75, 3.05) is 4.90 Å². The fraction of sp³-hybridized carbons (Fsp3) is 0. The zero-order valence-electron chi connectivity index (χ0n) is 21.8. The highest BCUT2D eigenvalue weighted by Gasteiger charge is 2.19. The molecule has 188 valence electrons. The number of hydrogen-bond donors (Lipinski definition) is 0. The molecule has 0 radical (unpaired) electrons. The molecule has 0 unspecified atom stereocenters. The number of nitriles is 1. The number of aromatic nitrogens is 1. The minimum Gasteiger partial charge on any atom is -0.310 e. The van der Waals surface area contributed by atoms with Crippen molar-refractivity contribution in [3.63, 3.8) is 0 Å². The van der Waals surface area contributed by atoms with Gasteiger partial charge in [-0.1, -0.05) is 91.0 Å². The van der Waals surface area contributed by atoms with Crippen LogP contribution >= 0.6 is 0 Å². The second kappa shape index (κ2) is 9.94. The lowest BCUT2D eigenvalue weighted by atomic mass is 10.0. The predicted octanol–water partition coefficient (Wildman–Crippen LogP) is 9.79. The molecule has 0 N–H and O–H groups in total. The maximum Gasteiger partial charge on any atom is 0.0992 e. The van der Waals surface area contributed by atoms with Crippen LogP contribution in [0.2, 0.25) is 0 Å². The van der Waals surface area contributed by atoms with Crippen molar-refractivity contribution in [3.05, 3.63) is 157 Å². The summed E-state index contributed by atoms with van der Waals surface area (Å²) in [5.41, 5.74) is 9.32. The van der Waals surface area contributed by atoms with E-state index >= 15 is 0 Å². The molecule has 1 aromatic heterocycles. The van der Waals surface area contributed by atoms with E-state index in [0.717, 1.165) is 50.3 Å². The molecule has 0 atom stereocenters. The first-order valence-electron chi connectivity index (χ1n) is 13.4. The van der Waals surface area contributed by atoms with Crippen molar-refractivity contribution in [2.24, 2.45) is 0 Å². The van der Waals surface area contributed by atoms with Crippen molar-refractivity contribution >= 4 is 38.9 Å². The quantitative estimate of drug-likeness (QED) is 0.230. The van der Waals surface area contributed by atoms with Crippen molar-refractivity contribution in [1.29, 1.82) is 5.26 Å². The Labute approximate surface area is 233 Å². The summed E-state index contributed by atoms with van der Waals surface area (Å²) in [6.45, 7) is 0. The Kier molecular flexibility index (Phi) is 5.85. The largest absolute Gasteiger partial charge is 0.310 e. The lowest BCUT2D eigenvalue weighted by Crippen LogP contribution is -2.09. The van der Waals surface area contributed by atoms with E-state index in [1.807, 2.05) is 30.3 Å². The van der Waals surface area contributed by atoms with Crippen LogP contribution in [0.15, 0.2) is 152 Å². The lowest BCUT2D eigenvalue weighted by Gasteiger charge is -2.25. The van der Waals surface area contributed by atoms with Gasteiger partial charge in [0.05, 0.1) is 28.4 Å². The van der Waals surface area contributed by atoms with E-state index in [-0.39, 0.29) is 0 Å². The molecule has 0 amide bonds. The molecule has 7 rings (SSSR count). The zero-order valence-corrected chi connectivity index (χ0v) is 21.8. The molecule has 1 heterocycles. The highest BCUT2D eigenvalue weighted by molar-refractivity contribution is 6.11. The van der Waals surface area contributed by atoms with Gasteiger partial charge in [0.15, 0.2) is 0 Å². The summed E-state index contributed by atoms with van der Waals surface area (Å²) < 4.78 is 2.30. The maximum atomic E-state index is 9.80. The number of rotatable bonds is 5. The normalized spacial score (nSPS) is 11.0. The number of fused-ring (bicyclic) bond motifs is 3. The summed E-state index contributed by atoms with van der Waals surface area (Å²) in [7, 11) is 0. The predicted molar refractivity (Wildman–Crippen MR) is 166 cm³/mol. The van der Waals surface area contributed by atoms with E-state index in [2.05, 4.69) is 137 Å². The number of anilines is 3. The third kappa shape index (κ3) is 4.00. The Hall–Kier alpha value is -5.59. The Morgan fingerprint density at radius 2 is 1.10 bits per heavy atom. The first-order chi connectivity index (χ1) is 19.8. The topological polar surface area (TPSA) is 32.0 Å². The molecule has 3 heteroatoms. The van der Waals surface area contributed by atoms with Gasteiger partial charge < -0.3 is 9.47 Å². The highest BCUT2D eigenvalue weighted by atomic mass is 15.1. The molecule has 3 nitrogen and oxygen atoms in total. The molecule has 0 bridgehead atoms. The fourth-order valence-corrected chi connectivity index (χ4v) is 5.61. The van der Waals surface area contributed by atoms with Gasteiger partial charge in [0.1, 0.15) is 0 Å². The first kappa shape index (κ1) is 23.5. The summed E-state index contributed by atoms with van der Waals surface area (Å²) in [5.74, 6) is 0. The van der Waals surface area contributed by atoms with Crippen molar-refractivity contribution in [3.8, 4) is 22.9 Å². The lowest BCUT2D eigenvalue weighted by molar-refractivity contribution is 1.18. The molecule has 0 aliphatic heterocycles. The number of nitrogens with zero attached hydrogens (tertiary/aromatic N) is 3. The molecule has 0 saturated carbocycles. The van der Waals surface area contributed by atoms with Gasteiger partial charge in [0.25, 0.3) is 0 Å². The fourth-order valence-electron chi connectivity index (χ4n) is 5.61. The molecular weight excluding hydrogens is 486 g/mol. The smallest absolute Gasteiger partial charge is 0.0992 e. The zero-order chi connectivity index (χ0) is 26.9. The molecular formula is C37H25N3. The van der Waals surface area contributed by atoms with E-state index in [9.17, 15) is 5.26 Å². The van der Waals surface area contributed by atoms with Gasteiger partial charge >= 0.3 is 0 Å². The molecule has 0 fully saturated rings. The molecule has 7 aromatic rings. The highest BCUT2D eigenvalue weighted by Crippen LogP contribution is 2.41. The van der Waals surface area contributed by atoms with Crippen LogP contribution in [0.1, 0.15) is 5.56 Å². The Bertz CT molecular complexity index is 1960. The van der Waals surface area contributed by atoms with Gasteiger partial charge in [0, 0.05) is 33.4 Å².